The molecule has 0 aromatic carbocycles. The highest BCUT2D eigenvalue weighted by atomic mass is 16.5. The Morgan fingerprint density at radius 1 is 1.44 bits per heavy atom. The third-order valence-electron chi connectivity index (χ3n) is 4.59. The van der Waals surface area contributed by atoms with E-state index in [1.807, 2.05) is 0 Å². The van der Waals surface area contributed by atoms with Gasteiger partial charge in [0.15, 0.2) is 0 Å². The summed E-state index contributed by atoms with van der Waals surface area (Å²) >= 11 is 0. The summed E-state index contributed by atoms with van der Waals surface area (Å²) in [6.07, 6.45) is 5.06. The predicted molar refractivity (Wildman–Crippen MR) is 77.8 cm³/mol. The van der Waals surface area contributed by atoms with E-state index in [1.54, 1.807) is 0 Å². The van der Waals surface area contributed by atoms with E-state index >= 15 is 0 Å². The van der Waals surface area contributed by atoms with Crippen LogP contribution >= 0.6 is 0 Å². The summed E-state index contributed by atoms with van der Waals surface area (Å²) in [6, 6.07) is 0. The molecule has 1 aliphatic rings. The predicted octanol–water partition coefficient (Wildman–Crippen LogP) is 2.64. The molecule has 0 saturated carbocycles. The van der Waals surface area contributed by atoms with E-state index in [9.17, 15) is 0 Å². The van der Waals surface area contributed by atoms with Crippen LogP contribution < -0.4 is 5.73 Å². The highest BCUT2D eigenvalue weighted by molar-refractivity contribution is 4.93. The highest BCUT2D eigenvalue weighted by Crippen LogP contribution is 2.30. The zero-order valence-electron chi connectivity index (χ0n) is 12.7. The molecule has 3 unspecified atom stereocenters. The first kappa shape index (κ1) is 15.9. The molecule has 0 aliphatic carbocycles. The molecule has 18 heavy (non-hydrogen) atoms. The molecule has 0 aromatic heterocycles. The zero-order valence-corrected chi connectivity index (χ0v) is 12.7. The van der Waals surface area contributed by atoms with Crippen molar-refractivity contribution < 1.29 is 4.74 Å². The van der Waals surface area contributed by atoms with Crippen molar-refractivity contribution in [2.45, 2.75) is 65.0 Å². The van der Waals surface area contributed by atoms with Crippen LogP contribution in [0.2, 0.25) is 0 Å². The topological polar surface area (TPSA) is 38.5 Å². The molecule has 0 amide bonds. The van der Waals surface area contributed by atoms with Crippen molar-refractivity contribution in [1.82, 2.24) is 4.90 Å². The molecule has 1 aliphatic heterocycles. The number of hydrogen-bond donors (Lipinski definition) is 1. The second-order valence-electron chi connectivity index (χ2n) is 5.98. The van der Waals surface area contributed by atoms with Crippen LogP contribution in [-0.4, -0.2) is 42.8 Å². The van der Waals surface area contributed by atoms with Gasteiger partial charge in [0.25, 0.3) is 0 Å². The summed E-state index contributed by atoms with van der Waals surface area (Å²) in [7, 11) is 0. The Bertz CT molecular complexity index is 229. The smallest absolute Gasteiger partial charge is 0.0674 e. The monoisotopic (exact) mass is 256 g/mol. The Kier molecular flexibility index (Phi) is 6.61. The Hall–Kier alpha value is -0.120. The fourth-order valence-corrected chi connectivity index (χ4v) is 3.07. The SMILES string of the molecule is CCC(C)CC(CC)(CN)N1CCCOC(C)C1. The quantitative estimate of drug-likeness (QED) is 0.794. The fourth-order valence-electron chi connectivity index (χ4n) is 3.07. The van der Waals surface area contributed by atoms with Gasteiger partial charge in [-0.25, -0.2) is 0 Å². The van der Waals surface area contributed by atoms with Crippen LogP contribution in [0.3, 0.4) is 0 Å². The molecule has 3 nitrogen and oxygen atoms in total. The minimum atomic E-state index is 0.178. The molecule has 0 radical (unpaired) electrons. The normalized spacial score (nSPS) is 27.5. The van der Waals surface area contributed by atoms with Crippen molar-refractivity contribution in [2.75, 3.05) is 26.2 Å². The molecule has 1 rings (SSSR count). The third kappa shape index (κ3) is 3.94. The summed E-state index contributed by atoms with van der Waals surface area (Å²) in [5.74, 6) is 0.743. The Morgan fingerprint density at radius 2 is 2.17 bits per heavy atom. The maximum Gasteiger partial charge on any atom is 0.0674 e. The lowest BCUT2D eigenvalue weighted by Crippen LogP contribution is -2.56. The molecule has 1 saturated heterocycles. The first-order chi connectivity index (χ1) is 8.57. The summed E-state index contributed by atoms with van der Waals surface area (Å²) < 4.78 is 5.77. The van der Waals surface area contributed by atoms with Crippen LogP contribution in [0.5, 0.6) is 0 Å². The number of nitrogens with two attached hydrogens (primary N) is 1. The fraction of sp³-hybridized carbons (Fsp3) is 1.00. The Morgan fingerprint density at radius 3 is 2.72 bits per heavy atom. The van der Waals surface area contributed by atoms with Crippen molar-refractivity contribution in [3.8, 4) is 0 Å². The molecular weight excluding hydrogens is 224 g/mol. The average Bonchev–Trinajstić information content (AvgIpc) is 2.60. The van der Waals surface area contributed by atoms with E-state index < -0.39 is 0 Å². The van der Waals surface area contributed by atoms with Gasteiger partial charge in [0.1, 0.15) is 0 Å². The highest BCUT2D eigenvalue weighted by Gasteiger charge is 2.36. The number of nitrogens with zero attached hydrogens (tertiary/aromatic N) is 1. The molecule has 108 valence electrons. The van der Waals surface area contributed by atoms with Gasteiger partial charge in [0, 0.05) is 31.8 Å². The van der Waals surface area contributed by atoms with Crippen molar-refractivity contribution in [2.24, 2.45) is 11.7 Å². The molecule has 1 heterocycles. The Balaban J connectivity index is 2.80. The molecular formula is C15H32N2O. The van der Waals surface area contributed by atoms with Gasteiger partial charge in [-0.3, -0.25) is 4.90 Å². The molecule has 3 heteroatoms. The van der Waals surface area contributed by atoms with Gasteiger partial charge in [-0.05, 0) is 32.1 Å². The van der Waals surface area contributed by atoms with Crippen LogP contribution in [0, 0.1) is 5.92 Å². The molecule has 0 spiro atoms. The summed E-state index contributed by atoms with van der Waals surface area (Å²) in [6.45, 7) is 12.9. The summed E-state index contributed by atoms with van der Waals surface area (Å²) in [5.41, 5.74) is 6.34. The largest absolute Gasteiger partial charge is 0.377 e. The van der Waals surface area contributed by atoms with Gasteiger partial charge in [0.05, 0.1) is 6.10 Å². The molecule has 0 bridgehead atoms. The second-order valence-corrected chi connectivity index (χ2v) is 5.98. The summed E-state index contributed by atoms with van der Waals surface area (Å²) in [5, 5.41) is 0. The van der Waals surface area contributed by atoms with Gasteiger partial charge in [-0.1, -0.05) is 27.2 Å². The molecule has 2 N–H and O–H groups in total. The van der Waals surface area contributed by atoms with Crippen molar-refractivity contribution >= 4 is 0 Å². The average molecular weight is 256 g/mol. The Labute approximate surface area is 113 Å². The minimum Gasteiger partial charge on any atom is -0.377 e. The van der Waals surface area contributed by atoms with E-state index in [0.717, 1.165) is 45.0 Å². The lowest BCUT2D eigenvalue weighted by atomic mass is 9.82. The van der Waals surface area contributed by atoms with Crippen molar-refractivity contribution in [1.29, 1.82) is 0 Å². The minimum absolute atomic E-state index is 0.178. The maximum absolute atomic E-state index is 6.17. The third-order valence-corrected chi connectivity index (χ3v) is 4.59. The molecule has 3 atom stereocenters. The van der Waals surface area contributed by atoms with Gasteiger partial charge >= 0.3 is 0 Å². The van der Waals surface area contributed by atoms with Gasteiger partial charge in [-0.2, -0.15) is 0 Å². The second kappa shape index (κ2) is 7.46. The lowest BCUT2D eigenvalue weighted by molar-refractivity contribution is 0.0260. The first-order valence-electron chi connectivity index (χ1n) is 7.64. The van der Waals surface area contributed by atoms with Crippen molar-refractivity contribution in [3.05, 3.63) is 0 Å². The van der Waals surface area contributed by atoms with Gasteiger partial charge in [0.2, 0.25) is 0 Å². The van der Waals surface area contributed by atoms with Gasteiger partial charge < -0.3 is 10.5 Å². The molecule has 0 aromatic rings. The van der Waals surface area contributed by atoms with Crippen LogP contribution in [0.4, 0.5) is 0 Å². The van der Waals surface area contributed by atoms with E-state index in [-0.39, 0.29) is 5.54 Å². The van der Waals surface area contributed by atoms with Gasteiger partial charge in [-0.15, -0.1) is 0 Å². The first-order valence-corrected chi connectivity index (χ1v) is 7.64. The van der Waals surface area contributed by atoms with Crippen LogP contribution in [0.25, 0.3) is 0 Å². The standard InChI is InChI=1S/C15H32N2O/c1-5-13(3)10-15(6-2,12-16)17-8-7-9-18-14(4)11-17/h13-14H,5-12,16H2,1-4H3. The lowest BCUT2D eigenvalue weighted by Gasteiger charge is -2.44. The maximum atomic E-state index is 6.17. The van der Waals surface area contributed by atoms with E-state index in [2.05, 4.69) is 32.6 Å². The number of ether oxygens (including phenoxy) is 1. The number of rotatable bonds is 6. The molecule has 1 fully saturated rings. The van der Waals surface area contributed by atoms with E-state index in [0.29, 0.717) is 6.10 Å². The van der Waals surface area contributed by atoms with E-state index in [4.69, 9.17) is 10.5 Å². The zero-order chi connectivity index (χ0) is 13.6. The van der Waals surface area contributed by atoms with E-state index in [1.165, 1.54) is 12.8 Å². The van der Waals surface area contributed by atoms with Crippen LogP contribution in [0.15, 0.2) is 0 Å². The number of hydrogen-bond acceptors (Lipinski definition) is 3. The summed E-state index contributed by atoms with van der Waals surface area (Å²) in [4.78, 5) is 2.61. The van der Waals surface area contributed by atoms with Crippen molar-refractivity contribution in [3.63, 3.8) is 0 Å². The van der Waals surface area contributed by atoms with Crippen LogP contribution in [0.1, 0.15) is 53.4 Å². The van der Waals surface area contributed by atoms with Crippen LogP contribution in [-0.2, 0) is 4.74 Å².